The van der Waals surface area contributed by atoms with E-state index < -0.39 is 6.10 Å². The average Bonchev–Trinajstić information content (AvgIpc) is 2.80. The Kier molecular flexibility index (Phi) is 7.37. The van der Waals surface area contributed by atoms with Crippen LogP contribution in [0.15, 0.2) is 48.5 Å². The molecule has 162 valence electrons. The summed E-state index contributed by atoms with van der Waals surface area (Å²) in [6.45, 7) is 6.78. The summed E-state index contributed by atoms with van der Waals surface area (Å²) in [6, 6.07) is 16.4. The number of para-hydroxylation sites is 1. The molecule has 4 rings (SSSR count). The van der Waals surface area contributed by atoms with E-state index in [0.717, 1.165) is 45.0 Å². The number of aliphatic hydroxyl groups excluding tert-OH is 1. The van der Waals surface area contributed by atoms with Crippen LogP contribution in [0.5, 0.6) is 5.75 Å². The number of benzene rings is 2. The summed E-state index contributed by atoms with van der Waals surface area (Å²) >= 11 is 6.63. The second-order valence-corrected chi connectivity index (χ2v) is 8.60. The first-order valence-corrected chi connectivity index (χ1v) is 11.4. The molecule has 1 N–H and O–H groups in total. The minimum Gasteiger partial charge on any atom is -0.489 e. The Morgan fingerprint density at radius 1 is 0.833 bits per heavy atom. The van der Waals surface area contributed by atoms with Gasteiger partial charge in [0.15, 0.2) is 0 Å². The highest BCUT2D eigenvalue weighted by Gasteiger charge is 2.21. The summed E-state index contributed by atoms with van der Waals surface area (Å²) in [4.78, 5) is 7.03. The first kappa shape index (κ1) is 21.3. The van der Waals surface area contributed by atoms with Gasteiger partial charge in [0.05, 0.1) is 5.69 Å². The summed E-state index contributed by atoms with van der Waals surface area (Å²) in [7, 11) is 0. The van der Waals surface area contributed by atoms with Crippen molar-refractivity contribution in [2.24, 2.45) is 0 Å². The number of β-amino-alcohol motifs (C(OH)–C–C–N with tert-alkyl or cyclic N) is 1. The van der Waals surface area contributed by atoms with Crippen LogP contribution in [-0.4, -0.2) is 68.5 Å². The summed E-state index contributed by atoms with van der Waals surface area (Å²) in [6.07, 6.45) is 3.16. The van der Waals surface area contributed by atoms with Crippen LogP contribution in [0.25, 0.3) is 0 Å². The molecule has 2 aliphatic rings. The predicted molar refractivity (Wildman–Crippen MR) is 124 cm³/mol. The van der Waals surface area contributed by atoms with Crippen LogP contribution >= 0.6 is 11.6 Å². The highest BCUT2D eigenvalue weighted by atomic mass is 35.5. The lowest BCUT2D eigenvalue weighted by atomic mass is 10.1. The third-order valence-corrected chi connectivity index (χ3v) is 6.41. The molecule has 0 saturated carbocycles. The van der Waals surface area contributed by atoms with E-state index in [0.29, 0.717) is 17.3 Å². The van der Waals surface area contributed by atoms with Crippen molar-refractivity contribution in [3.63, 3.8) is 0 Å². The average molecular weight is 430 g/mol. The van der Waals surface area contributed by atoms with Crippen LogP contribution in [-0.2, 0) is 0 Å². The maximum Gasteiger partial charge on any atom is 0.140 e. The molecular weight excluding hydrogens is 398 g/mol. The molecule has 0 amide bonds. The Bertz CT molecular complexity index is 790. The van der Waals surface area contributed by atoms with E-state index in [-0.39, 0.29) is 6.61 Å². The Hall–Kier alpha value is -1.95. The number of piperazine rings is 1. The molecule has 2 aromatic rings. The Labute approximate surface area is 184 Å². The molecule has 30 heavy (non-hydrogen) atoms. The summed E-state index contributed by atoms with van der Waals surface area (Å²) in [5, 5.41) is 11.2. The van der Waals surface area contributed by atoms with Crippen molar-refractivity contribution >= 4 is 23.0 Å². The molecular formula is C24H32ClN3O2. The van der Waals surface area contributed by atoms with Gasteiger partial charge in [0.1, 0.15) is 23.5 Å². The number of nitrogens with zero attached hydrogens (tertiary/aromatic N) is 3. The first-order chi connectivity index (χ1) is 14.7. The predicted octanol–water partition coefficient (Wildman–Crippen LogP) is 3.89. The molecule has 2 aliphatic heterocycles. The highest BCUT2D eigenvalue weighted by Crippen LogP contribution is 2.35. The number of hydrogen-bond donors (Lipinski definition) is 1. The SMILES string of the molecule is OC(COc1cccc(N2CCCCC2)c1Cl)CN1CCN(c2ccccc2)CC1. The van der Waals surface area contributed by atoms with Gasteiger partial charge in [-0.15, -0.1) is 0 Å². The third kappa shape index (κ3) is 5.39. The Morgan fingerprint density at radius 3 is 2.30 bits per heavy atom. The van der Waals surface area contributed by atoms with Crippen molar-refractivity contribution in [3.8, 4) is 5.75 Å². The fraction of sp³-hybridized carbons (Fsp3) is 0.500. The standard InChI is InChI=1S/C24H32ClN3O2/c25-24-22(28-12-5-2-6-13-28)10-7-11-23(24)30-19-21(29)18-26-14-16-27(17-15-26)20-8-3-1-4-9-20/h1,3-4,7-11,21,29H,2,5-6,12-19H2. The maximum absolute atomic E-state index is 10.5. The Morgan fingerprint density at radius 2 is 1.57 bits per heavy atom. The van der Waals surface area contributed by atoms with Gasteiger partial charge < -0.3 is 19.6 Å². The van der Waals surface area contributed by atoms with Crippen molar-refractivity contribution in [1.29, 1.82) is 0 Å². The van der Waals surface area contributed by atoms with Crippen molar-refractivity contribution < 1.29 is 9.84 Å². The van der Waals surface area contributed by atoms with Gasteiger partial charge in [-0.2, -0.15) is 0 Å². The van der Waals surface area contributed by atoms with Crippen LogP contribution in [0.3, 0.4) is 0 Å². The van der Waals surface area contributed by atoms with E-state index in [4.69, 9.17) is 16.3 Å². The summed E-state index contributed by atoms with van der Waals surface area (Å²) in [5.74, 6) is 0.660. The molecule has 1 atom stereocenters. The molecule has 2 heterocycles. The quantitative estimate of drug-likeness (QED) is 0.722. The number of anilines is 2. The second kappa shape index (κ2) is 10.4. The van der Waals surface area contributed by atoms with Crippen LogP contribution < -0.4 is 14.5 Å². The van der Waals surface area contributed by atoms with Gasteiger partial charge in [-0.1, -0.05) is 35.9 Å². The number of ether oxygens (including phenoxy) is 1. The van der Waals surface area contributed by atoms with Gasteiger partial charge in [0.25, 0.3) is 0 Å². The molecule has 0 radical (unpaired) electrons. The van der Waals surface area contributed by atoms with E-state index in [2.05, 4.69) is 45.0 Å². The molecule has 1 unspecified atom stereocenters. The molecule has 0 spiro atoms. The van der Waals surface area contributed by atoms with Crippen LogP contribution in [0, 0.1) is 0 Å². The number of halogens is 1. The highest BCUT2D eigenvalue weighted by molar-refractivity contribution is 6.34. The molecule has 6 heteroatoms. The zero-order valence-electron chi connectivity index (χ0n) is 17.5. The number of rotatable bonds is 7. The van der Waals surface area contributed by atoms with Gasteiger partial charge in [-0.05, 0) is 43.5 Å². The fourth-order valence-electron chi connectivity index (χ4n) is 4.35. The zero-order chi connectivity index (χ0) is 20.8. The van der Waals surface area contributed by atoms with Crippen LogP contribution in [0.4, 0.5) is 11.4 Å². The molecule has 0 bridgehead atoms. The molecule has 2 saturated heterocycles. The largest absolute Gasteiger partial charge is 0.489 e. The molecule has 2 fully saturated rings. The summed E-state index contributed by atoms with van der Waals surface area (Å²) in [5.41, 5.74) is 2.31. The minimum absolute atomic E-state index is 0.252. The normalized spacial score (nSPS) is 19.0. The van der Waals surface area contributed by atoms with Gasteiger partial charge in [-0.3, -0.25) is 4.90 Å². The minimum atomic E-state index is -0.539. The molecule has 0 aliphatic carbocycles. The first-order valence-electron chi connectivity index (χ1n) is 11.1. The van der Waals surface area contributed by atoms with Crippen LogP contribution in [0.1, 0.15) is 19.3 Å². The van der Waals surface area contributed by atoms with E-state index in [9.17, 15) is 5.11 Å². The third-order valence-electron chi connectivity index (χ3n) is 6.03. The fourth-order valence-corrected chi connectivity index (χ4v) is 4.65. The Balaban J connectivity index is 1.25. The van der Waals surface area contributed by atoms with Gasteiger partial charge >= 0.3 is 0 Å². The van der Waals surface area contributed by atoms with E-state index in [1.165, 1.54) is 24.9 Å². The topological polar surface area (TPSA) is 39.2 Å². The van der Waals surface area contributed by atoms with E-state index >= 15 is 0 Å². The molecule has 2 aromatic carbocycles. The number of aliphatic hydroxyl groups is 1. The van der Waals surface area contributed by atoms with Gasteiger partial charge in [0, 0.05) is 51.5 Å². The zero-order valence-corrected chi connectivity index (χ0v) is 18.3. The number of piperidine rings is 1. The lowest BCUT2D eigenvalue weighted by Gasteiger charge is -2.36. The smallest absolute Gasteiger partial charge is 0.140 e. The van der Waals surface area contributed by atoms with Gasteiger partial charge in [0.2, 0.25) is 0 Å². The second-order valence-electron chi connectivity index (χ2n) is 8.22. The van der Waals surface area contributed by atoms with Crippen molar-refractivity contribution in [2.75, 3.05) is 62.2 Å². The molecule has 0 aromatic heterocycles. The lowest BCUT2D eigenvalue weighted by molar-refractivity contribution is 0.0663. The van der Waals surface area contributed by atoms with E-state index in [1.54, 1.807) is 0 Å². The van der Waals surface area contributed by atoms with Crippen LogP contribution in [0.2, 0.25) is 5.02 Å². The monoisotopic (exact) mass is 429 g/mol. The number of hydrogen-bond acceptors (Lipinski definition) is 5. The maximum atomic E-state index is 10.5. The lowest BCUT2D eigenvalue weighted by Crippen LogP contribution is -2.49. The van der Waals surface area contributed by atoms with Crippen molar-refractivity contribution in [1.82, 2.24) is 4.90 Å². The van der Waals surface area contributed by atoms with Crippen molar-refractivity contribution in [3.05, 3.63) is 53.6 Å². The van der Waals surface area contributed by atoms with E-state index in [1.807, 2.05) is 18.2 Å². The van der Waals surface area contributed by atoms with Gasteiger partial charge in [-0.25, -0.2) is 0 Å². The summed E-state index contributed by atoms with van der Waals surface area (Å²) < 4.78 is 5.92. The molecule has 5 nitrogen and oxygen atoms in total. The van der Waals surface area contributed by atoms with Crippen molar-refractivity contribution in [2.45, 2.75) is 25.4 Å².